The van der Waals surface area contributed by atoms with Gasteiger partial charge in [0.2, 0.25) is 11.8 Å². The summed E-state index contributed by atoms with van der Waals surface area (Å²) in [5.41, 5.74) is 1.61. The van der Waals surface area contributed by atoms with E-state index in [2.05, 4.69) is 22.0 Å². The maximum atomic E-state index is 13.2. The fourth-order valence-corrected chi connectivity index (χ4v) is 6.61. The Labute approximate surface area is 206 Å². The van der Waals surface area contributed by atoms with Gasteiger partial charge in [0, 0.05) is 44.1 Å². The number of thiophene rings is 1. The maximum Gasteiger partial charge on any atom is 0.341 e. The van der Waals surface area contributed by atoms with Gasteiger partial charge in [0.15, 0.2) is 0 Å². The minimum Gasteiger partial charge on any atom is -0.462 e. The molecule has 1 aromatic heterocycles. The number of esters is 1. The smallest absolute Gasteiger partial charge is 0.341 e. The molecule has 2 unspecified atom stereocenters. The molecule has 9 heteroatoms. The van der Waals surface area contributed by atoms with Crippen molar-refractivity contribution >= 4 is 34.1 Å². The molecule has 2 fully saturated rings. The number of fused-ring (bicyclic) bond motifs is 1. The number of nitrogens with zero attached hydrogens (tertiary/aromatic N) is 3. The van der Waals surface area contributed by atoms with Crippen molar-refractivity contribution in [3.63, 3.8) is 0 Å². The Hall–Kier alpha value is -1.97. The van der Waals surface area contributed by atoms with Crippen LogP contribution >= 0.6 is 11.3 Å². The molecule has 34 heavy (non-hydrogen) atoms. The van der Waals surface area contributed by atoms with Crippen LogP contribution in [0.15, 0.2) is 0 Å². The van der Waals surface area contributed by atoms with Gasteiger partial charge in [-0.1, -0.05) is 6.92 Å². The summed E-state index contributed by atoms with van der Waals surface area (Å²) in [6.45, 7) is 11.5. The van der Waals surface area contributed by atoms with E-state index in [1.54, 1.807) is 6.92 Å². The third kappa shape index (κ3) is 5.63. The minimum atomic E-state index is -0.339. The number of rotatable bonds is 7. The topological polar surface area (TPSA) is 82.2 Å². The number of nitrogens with one attached hydrogen (secondary N) is 1. The SMILES string of the molecule is CCOC(=O)c1c(NC(=O)C(C)N2CCN(CC(=O)N3CCCC3)CC2)sc2c1CCC(C)C2. The fourth-order valence-electron chi connectivity index (χ4n) is 5.21. The third-order valence-electron chi connectivity index (χ3n) is 7.38. The average molecular weight is 491 g/mol. The lowest BCUT2D eigenvalue weighted by molar-refractivity contribution is -0.132. The Balaban J connectivity index is 1.35. The number of hydrogen-bond acceptors (Lipinski definition) is 7. The van der Waals surface area contributed by atoms with Crippen molar-refractivity contribution in [1.29, 1.82) is 0 Å². The minimum absolute atomic E-state index is 0.0983. The normalized spacial score (nSPS) is 22.3. The van der Waals surface area contributed by atoms with Crippen LogP contribution in [-0.4, -0.2) is 90.9 Å². The lowest BCUT2D eigenvalue weighted by Gasteiger charge is -2.37. The van der Waals surface area contributed by atoms with Crippen molar-refractivity contribution in [2.45, 2.75) is 58.9 Å². The Kier molecular flexibility index (Phi) is 8.26. The Morgan fingerprint density at radius 2 is 1.82 bits per heavy atom. The van der Waals surface area contributed by atoms with E-state index in [9.17, 15) is 14.4 Å². The Morgan fingerprint density at radius 1 is 1.12 bits per heavy atom. The molecule has 8 nitrogen and oxygen atoms in total. The fraction of sp³-hybridized carbons (Fsp3) is 0.720. The van der Waals surface area contributed by atoms with Crippen LogP contribution in [0.1, 0.15) is 60.8 Å². The molecule has 1 aromatic rings. The number of likely N-dealkylation sites (tertiary alicyclic amines) is 1. The second-order valence-electron chi connectivity index (χ2n) is 9.84. The van der Waals surface area contributed by atoms with E-state index in [0.717, 1.165) is 76.9 Å². The maximum absolute atomic E-state index is 13.2. The first-order chi connectivity index (χ1) is 16.4. The summed E-state index contributed by atoms with van der Waals surface area (Å²) in [4.78, 5) is 45.9. The predicted molar refractivity (Wildman–Crippen MR) is 133 cm³/mol. The van der Waals surface area contributed by atoms with Crippen molar-refractivity contribution in [3.05, 3.63) is 16.0 Å². The molecule has 0 bridgehead atoms. The molecule has 2 aliphatic heterocycles. The molecule has 1 N–H and O–H groups in total. The summed E-state index contributed by atoms with van der Waals surface area (Å²) >= 11 is 1.53. The highest BCUT2D eigenvalue weighted by atomic mass is 32.1. The zero-order chi connectivity index (χ0) is 24.2. The highest BCUT2D eigenvalue weighted by Gasteiger charge is 2.32. The molecule has 0 radical (unpaired) electrons. The molecular weight excluding hydrogens is 452 g/mol. The molecule has 0 spiro atoms. The first-order valence-corrected chi connectivity index (χ1v) is 13.6. The van der Waals surface area contributed by atoms with Gasteiger partial charge in [-0.05, 0) is 57.4 Å². The summed E-state index contributed by atoms with van der Waals surface area (Å²) in [5, 5.41) is 3.69. The molecule has 2 atom stereocenters. The average Bonchev–Trinajstić information content (AvgIpc) is 3.47. The number of ether oxygens (including phenoxy) is 1. The molecule has 0 aromatic carbocycles. The van der Waals surface area contributed by atoms with Crippen LogP contribution < -0.4 is 5.32 Å². The molecule has 2 amide bonds. The molecule has 3 heterocycles. The standard InChI is InChI=1S/C25H38N4O4S/c1-4-33-25(32)22-19-8-7-17(2)15-20(19)34-24(22)26-23(31)18(3)28-13-11-27(12-14-28)16-21(30)29-9-5-6-10-29/h17-18H,4-16H2,1-3H3,(H,26,31). The summed E-state index contributed by atoms with van der Waals surface area (Å²) in [6.07, 6.45) is 5.05. The molecular formula is C25H38N4O4S. The van der Waals surface area contributed by atoms with Crippen LogP contribution in [0.4, 0.5) is 5.00 Å². The number of carbonyl (C=O) groups is 3. The summed E-state index contributed by atoms with van der Waals surface area (Å²) in [7, 11) is 0. The molecule has 1 aliphatic carbocycles. The predicted octanol–water partition coefficient (Wildman–Crippen LogP) is 2.62. The molecule has 0 saturated carbocycles. The van der Waals surface area contributed by atoms with Gasteiger partial charge in [-0.25, -0.2) is 4.79 Å². The molecule has 4 rings (SSSR count). The van der Waals surface area contributed by atoms with Gasteiger partial charge in [0.1, 0.15) is 5.00 Å². The first-order valence-electron chi connectivity index (χ1n) is 12.7. The number of anilines is 1. The van der Waals surface area contributed by atoms with Crippen LogP contribution in [-0.2, 0) is 27.2 Å². The lowest BCUT2D eigenvalue weighted by Crippen LogP contribution is -2.54. The third-order valence-corrected chi connectivity index (χ3v) is 8.55. The van der Waals surface area contributed by atoms with Gasteiger partial charge in [-0.15, -0.1) is 11.3 Å². The van der Waals surface area contributed by atoms with E-state index in [4.69, 9.17) is 4.74 Å². The summed E-state index contributed by atoms with van der Waals surface area (Å²) in [5.74, 6) is 0.365. The van der Waals surface area contributed by atoms with Gasteiger partial charge in [0.25, 0.3) is 0 Å². The van der Waals surface area contributed by atoms with Gasteiger partial charge in [0.05, 0.1) is 24.8 Å². The van der Waals surface area contributed by atoms with Crippen LogP contribution in [0.2, 0.25) is 0 Å². The highest BCUT2D eigenvalue weighted by Crippen LogP contribution is 2.40. The van der Waals surface area contributed by atoms with E-state index < -0.39 is 0 Å². The first kappa shape index (κ1) is 25.1. The number of amides is 2. The van der Waals surface area contributed by atoms with Crippen molar-refractivity contribution < 1.29 is 19.1 Å². The molecule has 3 aliphatic rings. The summed E-state index contributed by atoms with van der Waals surface area (Å²) in [6, 6.07) is -0.315. The summed E-state index contributed by atoms with van der Waals surface area (Å²) < 4.78 is 5.33. The van der Waals surface area contributed by atoms with Crippen molar-refractivity contribution in [1.82, 2.24) is 14.7 Å². The second kappa shape index (κ2) is 11.2. The van der Waals surface area contributed by atoms with Gasteiger partial charge in [-0.3, -0.25) is 19.4 Å². The molecule has 2 saturated heterocycles. The van der Waals surface area contributed by atoms with Gasteiger partial charge in [-0.2, -0.15) is 0 Å². The van der Waals surface area contributed by atoms with Crippen LogP contribution in [0.5, 0.6) is 0 Å². The van der Waals surface area contributed by atoms with Crippen LogP contribution in [0.3, 0.4) is 0 Å². The van der Waals surface area contributed by atoms with Crippen LogP contribution in [0.25, 0.3) is 0 Å². The van der Waals surface area contributed by atoms with E-state index in [-0.39, 0.29) is 23.8 Å². The van der Waals surface area contributed by atoms with Crippen LogP contribution in [0, 0.1) is 5.92 Å². The zero-order valence-corrected chi connectivity index (χ0v) is 21.5. The monoisotopic (exact) mass is 490 g/mol. The zero-order valence-electron chi connectivity index (χ0n) is 20.7. The van der Waals surface area contributed by atoms with Crippen molar-refractivity contribution in [2.24, 2.45) is 5.92 Å². The number of carbonyl (C=O) groups excluding carboxylic acids is 3. The number of hydrogen-bond donors (Lipinski definition) is 1. The Morgan fingerprint density at radius 3 is 2.50 bits per heavy atom. The number of piperazine rings is 1. The van der Waals surface area contributed by atoms with Crippen molar-refractivity contribution in [3.8, 4) is 0 Å². The van der Waals surface area contributed by atoms with E-state index in [1.165, 1.54) is 16.2 Å². The van der Waals surface area contributed by atoms with Gasteiger partial charge >= 0.3 is 5.97 Å². The van der Waals surface area contributed by atoms with E-state index in [1.807, 2.05) is 11.8 Å². The highest BCUT2D eigenvalue weighted by molar-refractivity contribution is 7.17. The van der Waals surface area contributed by atoms with Crippen molar-refractivity contribution in [2.75, 3.05) is 57.7 Å². The van der Waals surface area contributed by atoms with Gasteiger partial charge < -0.3 is 15.0 Å². The molecule has 188 valence electrons. The quantitative estimate of drug-likeness (QED) is 0.592. The van der Waals surface area contributed by atoms with E-state index >= 15 is 0 Å². The largest absolute Gasteiger partial charge is 0.462 e. The second-order valence-corrected chi connectivity index (χ2v) is 10.9. The van der Waals surface area contributed by atoms with E-state index in [0.29, 0.717) is 29.6 Å². The lowest BCUT2D eigenvalue weighted by atomic mass is 9.88. The Bertz CT molecular complexity index is 903.